The number of aromatic amines is 1. The third-order valence-electron chi connectivity index (χ3n) is 11.3. The molecule has 0 aliphatic heterocycles. The summed E-state index contributed by atoms with van der Waals surface area (Å²) in [5.74, 6) is -4.05. The van der Waals surface area contributed by atoms with Crippen molar-refractivity contribution in [3.63, 3.8) is 0 Å². The molecule has 20 nitrogen and oxygen atoms in total. The Bertz CT molecular complexity index is 2550. The van der Waals surface area contributed by atoms with Crippen molar-refractivity contribution in [2.75, 3.05) is 13.2 Å². The topological polar surface area (TPSA) is 301 Å². The number of carbonyl (C=O) groups is 7. The zero-order valence-corrected chi connectivity index (χ0v) is 42.3. The minimum absolute atomic E-state index is 0.0273. The first-order chi connectivity index (χ1) is 34.1. The van der Waals surface area contributed by atoms with Gasteiger partial charge in [-0.25, -0.2) is 4.79 Å². The molecule has 1 heterocycles. The van der Waals surface area contributed by atoms with E-state index in [1.807, 2.05) is 56.3 Å². The Morgan fingerprint density at radius 3 is 1.85 bits per heavy atom. The Morgan fingerprint density at radius 1 is 0.667 bits per heavy atom. The molecule has 5 atom stereocenters. The van der Waals surface area contributed by atoms with Crippen LogP contribution in [-0.4, -0.2) is 114 Å². The molecule has 1 aromatic heterocycles. The molecule has 72 heavy (non-hydrogen) atoms. The normalized spacial score (nSPS) is 13.6. The van der Waals surface area contributed by atoms with Crippen LogP contribution >= 0.6 is 0 Å². The molecule has 3 aromatic carbocycles. The van der Waals surface area contributed by atoms with Crippen LogP contribution in [0.1, 0.15) is 104 Å². The molecule has 21 heteroatoms. The van der Waals surface area contributed by atoms with Crippen LogP contribution in [0.5, 0.6) is 5.75 Å². The van der Waals surface area contributed by atoms with Gasteiger partial charge in [0.25, 0.3) is 10.1 Å². The number of hydrogen-bond acceptors (Lipinski definition) is 11. The number of carboxylic acids is 1. The van der Waals surface area contributed by atoms with Gasteiger partial charge in [-0.3, -0.25) is 33.3 Å². The first-order valence-electron chi connectivity index (χ1n) is 24.1. The van der Waals surface area contributed by atoms with E-state index in [0.717, 1.165) is 23.0 Å². The van der Waals surface area contributed by atoms with Crippen molar-refractivity contribution in [1.82, 2.24) is 36.9 Å². The van der Waals surface area contributed by atoms with Crippen molar-refractivity contribution in [1.29, 1.82) is 0 Å². The van der Waals surface area contributed by atoms with Gasteiger partial charge in [0.15, 0.2) is 0 Å². The molecular formula is C51H69N7O13S. The van der Waals surface area contributed by atoms with Gasteiger partial charge in [0.1, 0.15) is 35.5 Å². The molecule has 0 bridgehead atoms. The van der Waals surface area contributed by atoms with Crippen LogP contribution in [0.2, 0.25) is 0 Å². The minimum atomic E-state index is -4.50. The Hall–Kier alpha value is -7.00. The van der Waals surface area contributed by atoms with Crippen LogP contribution in [0, 0.1) is 0 Å². The van der Waals surface area contributed by atoms with Crippen LogP contribution in [0.15, 0.2) is 90.0 Å². The monoisotopic (exact) mass is 1020 g/mol. The fourth-order valence-electron chi connectivity index (χ4n) is 7.63. The fraction of sp³-hybridized carbons (Fsp3) is 0.471. The van der Waals surface area contributed by atoms with E-state index in [-0.39, 0.29) is 50.0 Å². The molecule has 0 aliphatic rings. The summed E-state index contributed by atoms with van der Waals surface area (Å²) in [4.78, 5) is 97.1. The van der Waals surface area contributed by atoms with Crippen molar-refractivity contribution in [3.8, 4) is 5.75 Å². The number of carbonyl (C=O) groups excluding carboxylic acids is 6. The zero-order chi connectivity index (χ0) is 52.8. The first-order valence-corrected chi connectivity index (χ1v) is 25.6. The summed E-state index contributed by atoms with van der Waals surface area (Å²) in [5, 5.41) is 26.5. The second-order valence-corrected chi connectivity index (χ2v) is 19.9. The molecule has 0 fully saturated rings. The summed E-state index contributed by atoms with van der Waals surface area (Å²) in [6, 6.07) is 15.8. The standard InChI is InChI=1S/C51H69N7O13S/c1-6-8-20-40(56-48(64)42(58-50(66)71-51(3,4)5)28-33-23-25-37(26-24-33)72(67,68)69)46(62)53-32-44(59)55-43(29-34-31-52-39-22-14-13-19-38(34)39)49(65)57-41(21-9-7-2)47(63)54-35(30-45(60)61)16-15-27-70-36-17-11-10-12-18-36/h10-14,17-19,22-26,31,35,40-43,52H,6-9,15-16,20-21,27-30,32H2,1-5H3,(H,53,62)(H,54,63)(H,55,59)(H,56,64)(H,57,65)(H,58,66)(H,60,61)(H,67,68,69)/t35-,40+,41+,42+,43-/m1/s1. The number of aliphatic carboxylic acids is 1. The van der Waals surface area contributed by atoms with Gasteiger partial charge in [-0.2, -0.15) is 8.42 Å². The highest BCUT2D eigenvalue weighted by molar-refractivity contribution is 7.85. The number of H-pyrrole nitrogens is 1. The SMILES string of the molecule is CCCC[C@H](NC(=O)[C@H](Cc1ccc(S(=O)(=O)O)cc1)NC(=O)OC(C)(C)C)C(=O)NCC(=O)N[C@H](Cc1c[nH]c2ccccc12)C(=O)N[C@@H](CCCC)C(=O)N[C@H](CCCOc1ccccc1)CC(=O)O. The minimum Gasteiger partial charge on any atom is -0.494 e. The molecule has 4 aromatic rings. The van der Waals surface area contributed by atoms with Gasteiger partial charge < -0.3 is 51.5 Å². The number of ether oxygens (including phenoxy) is 2. The number of amides is 6. The van der Waals surface area contributed by atoms with Gasteiger partial charge in [-0.1, -0.05) is 88.1 Å². The quantitative estimate of drug-likeness (QED) is 0.0260. The van der Waals surface area contributed by atoms with Crippen LogP contribution in [-0.2, 0) is 56.5 Å². The molecule has 0 spiro atoms. The summed E-state index contributed by atoms with van der Waals surface area (Å²) in [6.45, 7) is 8.34. The Labute approximate surface area is 420 Å². The van der Waals surface area contributed by atoms with E-state index < -0.39 is 94.1 Å². The molecule has 4 rings (SSSR count). The average Bonchev–Trinajstić information content (AvgIpc) is 3.73. The second-order valence-electron chi connectivity index (χ2n) is 18.4. The number of carboxylic acid groups (broad SMARTS) is 1. The van der Waals surface area contributed by atoms with Crippen LogP contribution in [0.4, 0.5) is 4.79 Å². The highest BCUT2D eigenvalue weighted by Gasteiger charge is 2.32. The number of para-hydroxylation sites is 2. The molecule has 9 N–H and O–H groups in total. The summed E-state index contributed by atoms with van der Waals surface area (Å²) in [7, 11) is -4.50. The van der Waals surface area contributed by atoms with Gasteiger partial charge >= 0.3 is 12.1 Å². The lowest BCUT2D eigenvalue weighted by atomic mass is 10.0. The van der Waals surface area contributed by atoms with Crippen molar-refractivity contribution >= 4 is 62.6 Å². The fourth-order valence-corrected chi connectivity index (χ4v) is 8.11. The lowest BCUT2D eigenvalue weighted by Crippen LogP contribution is -2.57. The number of alkyl carbamates (subject to hydrolysis) is 1. The molecule has 0 aliphatic carbocycles. The number of unbranched alkanes of at least 4 members (excludes halogenated alkanes) is 2. The first kappa shape index (κ1) is 57.6. The van der Waals surface area contributed by atoms with Crippen molar-refractivity contribution < 1.29 is 61.1 Å². The van der Waals surface area contributed by atoms with Crippen LogP contribution < -0.4 is 36.6 Å². The third kappa shape index (κ3) is 20.0. The van der Waals surface area contributed by atoms with Gasteiger partial charge in [-0.15, -0.1) is 0 Å². The molecule has 0 radical (unpaired) electrons. The summed E-state index contributed by atoms with van der Waals surface area (Å²) < 4.78 is 43.8. The molecule has 0 unspecified atom stereocenters. The Kier molecular flexibility index (Phi) is 22.5. The molecule has 6 amide bonds. The van der Waals surface area contributed by atoms with Gasteiger partial charge in [0, 0.05) is 36.0 Å². The highest BCUT2D eigenvalue weighted by atomic mass is 32.2. The van der Waals surface area contributed by atoms with E-state index >= 15 is 0 Å². The van der Waals surface area contributed by atoms with E-state index in [0.29, 0.717) is 49.0 Å². The lowest BCUT2D eigenvalue weighted by molar-refractivity contribution is -0.138. The summed E-state index contributed by atoms with van der Waals surface area (Å²) in [5.41, 5.74) is 0.925. The van der Waals surface area contributed by atoms with Crippen molar-refractivity contribution in [3.05, 3.63) is 96.2 Å². The number of nitrogens with one attached hydrogen (secondary N) is 7. The third-order valence-corrected chi connectivity index (χ3v) is 12.1. The van der Waals surface area contributed by atoms with Crippen LogP contribution in [0.25, 0.3) is 10.9 Å². The van der Waals surface area contributed by atoms with Gasteiger partial charge in [-0.05, 0) is 87.9 Å². The zero-order valence-electron chi connectivity index (χ0n) is 41.5. The van der Waals surface area contributed by atoms with E-state index in [2.05, 4.69) is 36.9 Å². The number of rotatable bonds is 29. The Balaban J connectivity index is 1.49. The molecular weight excluding hydrogens is 951 g/mol. The highest BCUT2D eigenvalue weighted by Crippen LogP contribution is 2.20. The predicted octanol–water partition coefficient (Wildman–Crippen LogP) is 4.86. The lowest BCUT2D eigenvalue weighted by Gasteiger charge is -2.26. The van der Waals surface area contributed by atoms with Gasteiger partial charge in [0.2, 0.25) is 29.5 Å². The van der Waals surface area contributed by atoms with Crippen LogP contribution in [0.3, 0.4) is 0 Å². The number of hydrogen-bond donors (Lipinski definition) is 9. The smallest absolute Gasteiger partial charge is 0.408 e. The van der Waals surface area contributed by atoms with Crippen molar-refractivity contribution in [2.45, 2.75) is 146 Å². The Morgan fingerprint density at radius 2 is 1.25 bits per heavy atom. The predicted molar refractivity (Wildman–Crippen MR) is 268 cm³/mol. The number of benzene rings is 3. The maximum atomic E-state index is 14.3. The van der Waals surface area contributed by atoms with E-state index in [9.17, 15) is 51.6 Å². The number of aromatic nitrogens is 1. The molecule has 0 saturated heterocycles. The maximum absolute atomic E-state index is 14.3. The van der Waals surface area contributed by atoms with E-state index in [1.165, 1.54) is 12.1 Å². The van der Waals surface area contributed by atoms with E-state index in [1.54, 1.807) is 39.1 Å². The van der Waals surface area contributed by atoms with Crippen molar-refractivity contribution in [2.24, 2.45) is 0 Å². The largest absolute Gasteiger partial charge is 0.494 e. The molecule has 392 valence electrons. The number of fused-ring (bicyclic) bond motifs is 1. The maximum Gasteiger partial charge on any atom is 0.408 e. The summed E-state index contributed by atoms with van der Waals surface area (Å²) >= 11 is 0. The summed E-state index contributed by atoms with van der Waals surface area (Å²) in [6.07, 6.45) is 3.61. The van der Waals surface area contributed by atoms with E-state index in [4.69, 9.17) is 9.47 Å². The average molecular weight is 1020 g/mol. The second kappa shape index (κ2) is 28.1. The molecule has 0 saturated carbocycles. The van der Waals surface area contributed by atoms with Gasteiger partial charge in [0.05, 0.1) is 24.5 Å².